The van der Waals surface area contributed by atoms with Crippen LogP contribution in [0.4, 0.5) is 0 Å². The minimum atomic E-state index is -1.06. The molecule has 1 aliphatic carbocycles. The van der Waals surface area contributed by atoms with E-state index in [9.17, 15) is 14.9 Å². The van der Waals surface area contributed by atoms with Crippen molar-refractivity contribution in [2.45, 2.75) is 20.0 Å². The summed E-state index contributed by atoms with van der Waals surface area (Å²) in [5.74, 6) is -0.328. The van der Waals surface area contributed by atoms with Crippen LogP contribution in [-0.4, -0.2) is 19.0 Å². The third kappa shape index (κ3) is 4.69. The summed E-state index contributed by atoms with van der Waals surface area (Å²) in [6.45, 7) is 3.84. The van der Waals surface area contributed by atoms with E-state index < -0.39 is 24.0 Å². The number of esters is 2. The fourth-order valence-corrected chi connectivity index (χ4v) is 3.46. The van der Waals surface area contributed by atoms with E-state index in [2.05, 4.69) is 4.74 Å². The fourth-order valence-electron chi connectivity index (χ4n) is 3.46. The van der Waals surface area contributed by atoms with Gasteiger partial charge in [-0.25, -0.2) is 4.79 Å². The molecule has 1 fully saturated rings. The highest BCUT2D eigenvalue weighted by Gasteiger charge is 2.61. The van der Waals surface area contributed by atoms with Crippen molar-refractivity contribution >= 4 is 11.9 Å². The molecule has 0 radical (unpaired) electrons. The number of allylic oxidation sites excluding steroid dienone is 1. The molecule has 3 atom stereocenters. The second kappa shape index (κ2) is 8.83. The van der Waals surface area contributed by atoms with Crippen molar-refractivity contribution < 1.29 is 23.8 Å². The Morgan fingerprint density at radius 2 is 1.80 bits per heavy atom. The van der Waals surface area contributed by atoms with Gasteiger partial charge in [-0.2, -0.15) is 5.26 Å². The SMILES string of the molecule is COC(=O)/C=C\[C@H]1[C@@H](C(=O)O[C@@H](C#N)c2cccc(Oc3ccccc3)c2)C1(C)C. The molecule has 6 heteroatoms. The van der Waals surface area contributed by atoms with E-state index in [1.807, 2.05) is 50.2 Å². The van der Waals surface area contributed by atoms with Crippen molar-refractivity contribution in [1.29, 1.82) is 5.26 Å². The average Bonchev–Trinajstić information content (AvgIpc) is 3.31. The maximum atomic E-state index is 12.7. The van der Waals surface area contributed by atoms with Gasteiger partial charge in [-0.1, -0.05) is 50.3 Å². The second-order valence-electron chi connectivity index (χ2n) is 7.64. The van der Waals surface area contributed by atoms with Crippen molar-refractivity contribution in [1.82, 2.24) is 0 Å². The molecule has 0 saturated heterocycles. The van der Waals surface area contributed by atoms with Crippen molar-refractivity contribution in [3.63, 3.8) is 0 Å². The smallest absolute Gasteiger partial charge is 0.330 e. The molecule has 3 rings (SSSR count). The van der Waals surface area contributed by atoms with Crippen molar-refractivity contribution in [2.75, 3.05) is 7.11 Å². The van der Waals surface area contributed by atoms with E-state index in [0.29, 0.717) is 17.1 Å². The molecule has 0 spiro atoms. The van der Waals surface area contributed by atoms with Gasteiger partial charge in [0.2, 0.25) is 6.10 Å². The summed E-state index contributed by atoms with van der Waals surface area (Å²) in [4.78, 5) is 24.0. The van der Waals surface area contributed by atoms with E-state index in [1.54, 1.807) is 30.3 Å². The van der Waals surface area contributed by atoms with Gasteiger partial charge in [-0.05, 0) is 35.6 Å². The number of hydrogen-bond acceptors (Lipinski definition) is 6. The molecule has 0 heterocycles. The molecule has 0 bridgehead atoms. The third-order valence-corrected chi connectivity index (χ3v) is 5.30. The molecule has 2 aromatic carbocycles. The van der Waals surface area contributed by atoms with Gasteiger partial charge < -0.3 is 14.2 Å². The first kappa shape index (κ1) is 21.1. The molecule has 0 amide bonds. The van der Waals surface area contributed by atoms with Gasteiger partial charge in [-0.15, -0.1) is 0 Å². The van der Waals surface area contributed by atoms with E-state index in [-0.39, 0.29) is 11.3 Å². The van der Waals surface area contributed by atoms with Gasteiger partial charge in [0.05, 0.1) is 13.0 Å². The predicted molar refractivity (Wildman–Crippen MR) is 109 cm³/mol. The maximum absolute atomic E-state index is 12.7. The zero-order valence-corrected chi connectivity index (χ0v) is 17.1. The number of nitrogens with zero attached hydrogens (tertiary/aromatic N) is 1. The lowest BCUT2D eigenvalue weighted by Crippen LogP contribution is -2.14. The van der Waals surface area contributed by atoms with Crippen LogP contribution in [0.1, 0.15) is 25.5 Å². The van der Waals surface area contributed by atoms with Crippen LogP contribution in [0.3, 0.4) is 0 Å². The molecule has 6 nitrogen and oxygen atoms in total. The van der Waals surface area contributed by atoms with Crippen LogP contribution in [0, 0.1) is 28.6 Å². The standard InChI is InChI=1S/C24H23NO5/c1-24(2)19(12-13-21(26)28-3)22(24)23(27)30-20(15-25)16-8-7-11-18(14-16)29-17-9-5-4-6-10-17/h4-14,19-20,22H,1-3H3/b13-12-/t19-,20-,22-/m0/s1. The summed E-state index contributed by atoms with van der Waals surface area (Å²) in [7, 11) is 1.30. The molecule has 0 unspecified atom stereocenters. The normalized spacial score (nSPS) is 20.1. The monoisotopic (exact) mass is 405 g/mol. The van der Waals surface area contributed by atoms with E-state index in [1.165, 1.54) is 13.2 Å². The van der Waals surface area contributed by atoms with Crippen molar-refractivity contribution in [3.8, 4) is 17.6 Å². The highest BCUT2D eigenvalue weighted by atomic mass is 16.5. The third-order valence-electron chi connectivity index (χ3n) is 5.30. The maximum Gasteiger partial charge on any atom is 0.330 e. The Morgan fingerprint density at radius 1 is 1.10 bits per heavy atom. The number of methoxy groups -OCH3 is 1. The largest absolute Gasteiger partial charge is 0.466 e. The summed E-state index contributed by atoms with van der Waals surface area (Å²) in [6.07, 6.45) is 1.91. The van der Waals surface area contributed by atoms with Crippen LogP contribution < -0.4 is 4.74 Å². The summed E-state index contributed by atoms with van der Waals surface area (Å²) >= 11 is 0. The summed E-state index contributed by atoms with van der Waals surface area (Å²) in [6, 6.07) is 18.2. The first-order valence-electron chi connectivity index (χ1n) is 9.56. The van der Waals surface area contributed by atoms with Crippen molar-refractivity contribution in [2.24, 2.45) is 17.3 Å². The van der Waals surface area contributed by atoms with Gasteiger partial charge in [0.25, 0.3) is 0 Å². The Morgan fingerprint density at radius 3 is 2.47 bits per heavy atom. The van der Waals surface area contributed by atoms with Crippen LogP contribution in [0.15, 0.2) is 66.7 Å². The molecule has 2 aromatic rings. The second-order valence-corrected chi connectivity index (χ2v) is 7.64. The lowest BCUT2D eigenvalue weighted by Gasteiger charge is -2.13. The molecular formula is C24H23NO5. The number of hydrogen-bond donors (Lipinski definition) is 0. The van der Waals surface area contributed by atoms with E-state index in [4.69, 9.17) is 9.47 Å². The topological polar surface area (TPSA) is 85.6 Å². The highest BCUT2D eigenvalue weighted by molar-refractivity contribution is 5.83. The number of para-hydroxylation sites is 1. The Bertz CT molecular complexity index is 990. The molecule has 154 valence electrons. The fraction of sp³-hybridized carbons (Fsp3) is 0.292. The lowest BCUT2D eigenvalue weighted by molar-refractivity contribution is -0.149. The molecular weight excluding hydrogens is 382 g/mol. The molecule has 0 aromatic heterocycles. The van der Waals surface area contributed by atoms with Crippen LogP contribution >= 0.6 is 0 Å². The Balaban J connectivity index is 1.69. The van der Waals surface area contributed by atoms with Crippen LogP contribution in [0.2, 0.25) is 0 Å². The van der Waals surface area contributed by atoms with E-state index >= 15 is 0 Å². The predicted octanol–water partition coefficient (Wildman–Crippen LogP) is 4.59. The van der Waals surface area contributed by atoms with Crippen molar-refractivity contribution in [3.05, 3.63) is 72.3 Å². The summed E-state index contributed by atoms with van der Waals surface area (Å²) in [5, 5.41) is 9.57. The summed E-state index contributed by atoms with van der Waals surface area (Å²) in [5.41, 5.74) is 0.166. The molecule has 0 N–H and O–H groups in total. The zero-order valence-electron chi connectivity index (χ0n) is 17.1. The number of nitriles is 1. The number of carbonyl (C=O) groups excluding carboxylic acids is 2. The highest BCUT2D eigenvalue weighted by Crippen LogP contribution is 2.59. The molecule has 1 aliphatic rings. The first-order valence-corrected chi connectivity index (χ1v) is 9.56. The van der Waals surface area contributed by atoms with Gasteiger partial charge in [0, 0.05) is 11.6 Å². The number of ether oxygens (including phenoxy) is 3. The van der Waals surface area contributed by atoms with Gasteiger partial charge in [-0.3, -0.25) is 4.79 Å². The van der Waals surface area contributed by atoms with Crippen LogP contribution in [-0.2, 0) is 19.1 Å². The van der Waals surface area contributed by atoms with Gasteiger partial charge >= 0.3 is 11.9 Å². The molecule has 1 saturated carbocycles. The quantitative estimate of drug-likeness (QED) is 0.495. The number of carbonyl (C=O) groups is 2. The Hall–Kier alpha value is -3.59. The van der Waals surface area contributed by atoms with Gasteiger partial charge in [0.1, 0.15) is 17.6 Å². The zero-order chi connectivity index (χ0) is 21.7. The Labute approximate surface area is 175 Å². The lowest BCUT2D eigenvalue weighted by atomic mass is 10.1. The number of benzene rings is 2. The van der Waals surface area contributed by atoms with Crippen LogP contribution in [0.25, 0.3) is 0 Å². The first-order chi connectivity index (χ1) is 14.4. The average molecular weight is 405 g/mol. The minimum absolute atomic E-state index is 0.156. The molecule has 0 aliphatic heterocycles. The molecule has 30 heavy (non-hydrogen) atoms. The number of rotatable bonds is 7. The van der Waals surface area contributed by atoms with Gasteiger partial charge in [0.15, 0.2) is 0 Å². The van der Waals surface area contributed by atoms with Crippen LogP contribution in [0.5, 0.6) is 11.5 Å². The Kier molecular flexibility index (Phi) is 6.22. The summed E-state index contributed by atoms with van der Waals surface area (Å²) < 4.78 is 15.9. The van der Waals surface area contributed by atoms with E-state index in [0.717, 1.165) is 0 Å². The minimum Gasteiger partial charge on any atom is -0.466 e.